The number of nitrogens with one attached hydrogen (secondary N) is 1. The highest BCUT2D eigenvalue weighted by molar-refractivity contribution is 6.32. The number of nitrogens with zero attached hydrogens (tertiary/aromatic N) is 2. The number of aliphatic hydroxyl groups is 1. The number of benzene rings is 1. The van der Waals surface area contributed by atoms with Gasteiger partial charge < -0.3 is 15.3 Å². The third kappa shape index (κ3) is 3.86. The smallest absolute Gasteiger partial charge is 0.322 e. The first-order chi connectivity index (χ1) is 11.6. The van der Waals surface area contributed by atoms with Gasteiger partial charge in [-0.2, -0.15) is 0 Å². The van der Waals surface area contributed by atoms with Crippen molar-refractivity contribution in [2.24, 2.45) is 0 Å². The molecule has 3 rings (SSSR count). The summed E-state index contributed by atoms with van der Waals surface area (Å²) in [7, 11) is 0. The van der Waals surface area contributed by atoms with Crippen LogP contribution in [0.2, 0.25) is 5.15 Å². The Morgan fingerprint density at radius 3 is 2.88 bits per heavy atom. The molecule has 6 heteroatoms. The van der Waals surface area contributed by atoms with Crippen molar-refractivity contribution < 1.29 is 9.90 Å². The molecular weight excluding hydrogens is 326 g/mol. The van der Waals surface area contributed by atoms with E-state index in [2.05, 4.69) is 10.3 Å². The Morgan fingerprint density at radius 1 is 1.33 bits per heavy atom. The van der Waals surface area contributed by atoms with Gasteiger partial charge in [-0.1, -0.05) is 41.9 Å². The molecule has 1 saturated heterocycles. The minimum absolute atomic E-state index is 0.00986. The lowest BCUT2D eigenvalue weighted by atomic mass is 10.0. The number of urea groups is 1. The molecule has 0 aliphatic carbocycles. The van der Waals surface area contributed by atoms with Crippen LogP contribution in [0.1, 0.15) is 30.9 Å². The molecule has 2 atom stereocenters. The van der Waals surface area contributed by atoms with E-state index in [0.717, 1.165) is 18.4 Å². The molecule has 1 aliphatic rings. The zero-order chi connectivity index (χ0) is 16.9. The van der Waals surface area contributed by atoms with E-state index in [9.17, 15) is 9.90 Å². The monoisotopic (exact) mass is 345 g/mol. The molecule has 126 valence electrons. The van der Waals surface area contributed by atoms with Crippen molar-refractivity contribution in [3.8, 4) is 0 Å². The zero-order valence-corrected chi connectivity index (χ0v) is 14.0. The molecule has 2 heterocycles. The number of carbonyl (C=O) groups is 1. The Bertz CT molecular complexity index is 696. The molecule has 0 bridgehead atoms. The number of aliphatic hydroxyl groups excluding tert-OH is 1. The van der Waals surface area contributed by atoms with Crippen molar-refractivity contribution in [2.45, 2.75) is 31.4 Å². The second kappa shape index (κ2) is 7.64. The lowest BCUT2D eigenvalue weighted by Gasteiger charge is -2.27. The number of likely N-dealkylation sites (tertiary alicyclic amines) is 1. The van der Waals surface area contributed by atoms with Gasteiger partial charge in [0.1, 0.15) is 0 Å². The van der Waals surface area contributed by atoms with Gasteiger partial charge in [-0.3, -0.25) is 0 Å². The molecule has 2 amide bonds. The number of pyridine rings is 1. The van der Waals surface area contributed by atoms with E-state index in [1.54, 1.807) is 23.2 Å². The Balaban J connectivity index is 1.65. The van der Waals surface area contributed by atoms with Crippen LogP contribution in [-0.2, 0) is 0 Å². The summed E-state index contributed by atoms with van der Waals surface area (Å²) < 4.78 is 0. The number of amides is 2. The molecule has 5 nitrogen and oxygen atoms in total. The highest BCUT2D eigenvalue weighted by Crippen LogP contribution is 2.28. The maximum Gasteiger partial charge on any atom is 0.322 e. The van der Waals surface area contributed by atoms with Gasteiger partial charge in [-0.05, 0) is 37.0 Å². The fraction of sp³-hybridized carbons (Fsp3) is 0.333. The topological polar surface area (TPSA) is 65.5 Å². The highest BCUT2D eigenvalue weighted by atomic mass is 35.5. The highest BCUT2D eigenvalue weighted by Gasteiger charge is 2.31. The van der Waals surface area contributed by atoms with Crippen molar-refractivity contribution in [3.63, 3.8) is 0 Å². The van der Waals surface area contributed by atoms with Gasteiger partial charge in [0, 0.05) is 18.8 Å². The number of halogens is 1. The Labute approximate surface area is 146 Å². The average Bonchev–Trinajstić information content (AvgIpc) is 3.06. The largest absolute Gasteiger partial charge is 0.388 e. The van der Waals surface area contributed by atoms with Crippen molar-refractivity contribution >= 4 is 23.3 Å². The third-order valence-corrected chi connectivity index (χ3v) is 4.62. The predicted octanol–water partition coefficient (Wildman–Crippen LogP) is 3.86. The fourth-order valence-corrected chi connectivity index (χ4v) is 3.25. The SMILES string of the molecule is O=C(Nc1cccnc1Cl)N1CCC[C@H]1C[C@H](O)c1ccccc1. The molecule has 2 N–H and O–H groups in total. The van der Waals surface area contributed by atoms with Crippen LogP contribution >= 0.6 is 11.6 Å². The number of aromatic nitrogens is 1. The van der Waals surface area contributed by atoms with E-state index in [-0.39, 0.29) is 17.2 Å². The molecule has 0 saturated carbocycles. The van der Waals surface area contributed by atoms with E-state index in [1.165, 1.54) is 0 Å². The molecule has 1 fully saturated rings. The number of rotatable bonds is 4. The van der Waals surface area contributed by atoms with Gasteiger partial charge >= 0.3 is 6.03 Å². The van der Waals surface area contributed by atoms with Gasteiger partial charge in [0.05, 0.1) is 11.8 Å². The van der Waals surface area contributed by atoms with E-state index in [0.29, 0.717) is 18.7 Å². The second-order valence-electron chi connectivity index (χ2n) is 5.92. The second-order valence-corrected chi connectivity index (χ2v) is 6.28. The maximum absolute atomic E-state index is 12.5. The summed E-state index contributed by atoms with van der Waals surface area (Å²) in [5, 5.41) is 13.5. The minimum atomic E-state index is -0.577. The molecule has 1 aliphatic heterocycles. The van der Waals surface area contributed by atoms with Gasteiger partial charge in [-0.15, -0.1) is 0 Å². The van der Waals surface area contributed by atoms with E-state index >= 15 is 0 Å². The molecule has 1 aromatic carbocycles. The molecule has 2 aromatic rings. The fourth-order valence-electron chi connectivity index (χ4n) is 3.08. The first-order valence-corrected chi connectivity index (χ1v) is 8.44. The van der Waals surface area contributed by atoms with E-state index in [4.69, 9.17) is 11.6 Å². The summed E-state index contributed by atoms with van der Waals surface area (Å²) in [4.78, 5) is 18.3. The predicted molar refractivity (Wildman–Crippen MR) is 94.0 cm³/mol. The quantitative estimate of drug-likeness (QED) is 0.827. The zero-order valence-electron chi connectivity index (χ0n) is 13.2. The molecule has 0 radical (unpaired) electrons. The molecule has 1 aromatic heterocycles. The average molecular weight is 346 g/mol. The van der Waals surface area contributed by atoms with Crippen LogP contribution in [0.3, 0.4) is 0 Å². The first-order valence-electron chi connectivity index (χ1n) is 8.06. The van der Waals surface area contributed by atoms with Crippen LogP contribution in [0.5, 0.6) is 0 Å². The molecule has 0 unspecified atom stereocenters. The first kappa shape index (κ1) is 16.7. The Morgan fingerprint density at radius 2 is 2.12 bits per heavy atom. The van der Waals surface area contributed by atoms with Crippen molar-refractivity contribution in [2.75, 3.05) is 11.9 Å². The summed E-state index contributed by atoms with van der Waals surface area (Å²) in [6, 6.07) is 12.8. The van der Waals surface area contributed by atoms with Gasteiger partial charge in [0.15, 0.2) is 5.15 Å². The lowest BCUT2D eigenvalue weighted by Crippen LogP contribution is -2.39. The van der Waals surface area contributed by atoms with Crippen molar-refractivity contribution in [1.29, 1.82) is 0 Å². The minimum Gasteiger partial charge on any atom is -0.388 e. The third-order valence-electron chi connectivity index (χ3n) is 4.32. The number of carbonyl (C=O) groups excluding carboxylic acids is 1. The number of anilines is 1. The van der Waals surface area contributed by atoms with Gasteiger partial charge in [0.25, 0.3) is 0 Å². The van der Waals surface area contributed by atoms with Crippen LogP contribution in [-0.4, -0.2) is 33.6 Å². The summed E-state index contributed by atoms with van der Waals surface area (Å²) in [6.07, 6.45) is 3.34. The van der Waals surface area contributed by atoms with Crippen LogP contribution < -0.4 is 5.32 Å². The summed E-state index contributed by atoms with van der Waals surface area (Å²) in [5.41, 5.74) is 1.37. The Hall–Kier alpha value is -2.11. The maximum atomic E-state index is 12.5. The normalized spacial score (nSPS) is 18.4. The van der Waals surface area contributed by atoms with Gasteiger partial charge in [-0.25, -0.2) is 9.78 Å². The van der Waals surface area contributed by atoms with Crippen molar-refractivity contribution in [1.82, 2.24) is 9.88 Å². The van der Waals surface area contributed by atoms with E-state index in [1.807, 2.05) is 30.3 Å². The van der Waals surface area contributed by atoms with Crippen LogP contribution in [0.25, 0.3) is 0 Å². The van der Waals surface area contributed by atoms with E-state index < -0.39 is 6.10 Å². The number of hydrogen-bond donors (Lipinski definition) is 2. The van der Waals surface area contributed by atoms with Crippen LogP contribution in [0.15, 0.2) is 48.7 Å². The standard InChI is InChI=1S/C18H20ClN3O2/c19-17-15(9-4-10-20-17)21-18(24)22-11-5-8-14(22)12-16(23)13-6-2-1-3-7-13/h1-4,6-7,9-10,14,16,23H,5,8,11-12H2,(H,21,24)/t14-,16-/m0/s1. The van der Waals surface area contributed by atoms with Crippen molar-refractivity contribution in [3.05, 3.63) is 59.4 Å². The van der Waals surface area contributed by atoms with Crippen LogP contribution in [0.4, 0.5) is 10.5 Å². The number of hydrogen-bond acceptors (Lipinski definition) is 3. The van der Waals surface area contributed by atoms with Gasteiger partial charge in [0.2, 0.25) is 0 Å². The summed E-state index contributed by atoms with van der Waals surface area (Å²) in [5.74, 6) is 0. The molecular formula is C18H20ClN3O2. The molecule has 0 spiro atoms. The lowest BCUT2D eigenvalue weighted by molar-refractivity contribution is 0.130. The molecule has 24 heavy (non-hydrogen) atoms. The Kier molecular flexibility index (Phi) is 5.33. The van der Waals surface area contributed by atoms with Crippen LogP contribution in [0, 0.1) is 0 Å². The summed E-state index contributed by atoms with van der Waals surface area (Å²) in [6.45, 7) is 0.676. The summed E-state index contributed by atoms with van der Waals surface area (Å²) >= 11 is 5.99.